The van der Waals surface area contributed by atoms with Gasteiger partial charge in [0, 0.05) is 16.1 Å². The summed E-state index contributed by atoms with van der Waals surface area (Å²) in [5, 5.41) is 3.60. The van der Waals surface area contributed by atoms with Crippen LogP contribution in [0.4, 0.5) is 0 Å². The predicted octanol–water partition coefficient (Wildman–Crippen LogP) is 4.23. The molecule has 21 heavy (non-hydrogen) atoms. The van der Waals surface area contributed by atoms with Crippen molar-refractivity contribution in [3.8, 4) is 0 Å². The van der Waals surface area contributed by atoms with Crippen LogP contribution in [-0.2, 0) is 6.42 Å². The van der Waals surface area contributed by atoms with Crippen molar-refractivity contribution in [2.24, 2.45) is 0 Å². The topological polar surface area (TPSA) is 15.3 Å². The molecule has 0 aliphatic carbocycles. The van der Waals surface area contributed by atoms with Crippen LogP contribution in [0, 0.1) is 0 Å². The fraction of sp³-hybridized carbons (Fsp3) is 0.667. The lowest BCUT2D eigenvalue weighted by molar-refractivity contribution is 0.0453. The summed E-state index contributed by atoms with van der Waals surface area (Å²) in [5.41, 5.74) is 1.65. The molecule has 1 saturated heterocycles. The molecule has 2 atom stereocenters. The van der Waals surface area contributed by atoms with Crippen LogP contribution in [0.2, 0.25) is 0 Å². The molecule has 0 bridgehead atoms. The average Bonchev–Trinajstić information content (AvgIpc) is 2.54. The number of nitrogens with one attached hydrogen (secondary N) is 1. The van der Waals surface area contributed by atoms with Crippen LogP contribution in [0.1, 0.15) is 45.1 Å². The van der Waals surface area contributed by atoms with E-state index in [0.29, 0.717) is 6.04 Å². The summed E-state index contributed by atoms with van der Waals surface area (Å²) in [5.74, 6) is 0. The van der Waals surface area contributed by atoms with Crippen LogP contribution in [0.3, 0.4) is 0 Å². The minimum Gasteiger partial charge on any atom is -0.315 e. The molecule has 1 fully saturated rings. The molecule has 1 aromatic rings. The van der Waals surface area contributed by atoms with Gasteiger partial charge in [0.2, 0.25) is 0 Å². The van der Waals surface area contributed by atoms with E-state index in [1.54, 1.807) is 0 Å². The van der Waals surface area contributed by atoms with Crippen LogP contribution >= 0.6 is 15.9 Å². The van der Waals surface area contributed by atoms with Crippen molar-refractivity contribution in [1.82, 2.24) is 10.2 Å². The maximum atomic E-state index is 3.60. The summed E-state index contributed by atoms with van der Waals surface area (Å²) in [4.78, 5) is 2.72. The number of hydrogen-bond donors (Lipinski definition) is 1. The van der Waals surface area contributed by atoms with Crippen molar-refractivity contribution >= 4 is 15.9 Å². The van der Waals surface area contributed by atoms with Crippen molar-refractivity contribution < 1.29 is 0 Å². The van der Waals surface area contributed by atoms with E-state index in [1.165, 1.54) is 44.3 Å². The monoisotopic (exact) mass is 352 g/mol. The number of nitrogens with zero attached hydrogens (tertiary/aromatic N) is 1. The molecule has 0 radical (unpaired) electrons. The fourth-order valence-electron chi connectivity index (χ4n) is 3.58. The maximum absolute atomic E-state index is 3.60. The first-order valence-corrected chi connectivity index (χ1v) is 9.06. The molecule has 1 aliphatic rings. The molecule has 3 heteroatoms. The van der Waals surface area contributed by atoms with Crippen molar-refractivity contribution in [2.75, 3.05) is 20.1 Å². The maximum Gasteiger partial charge on any atom is 0.0334 e. The Morgan fingerprint density at radius 3 is 2.33 bits per heavy atom. The predicted molar refractivity (Wildman–Crippen MR) is 94.8 cm³/mol. The van der Waals surface area contributed by atoms with Crippen molar-refractivity contribution in [2.45, 2.75) is 57.5 Å². The molecule has 1 heterocycles. The standard InChI is InChI=1S/C18H29BrN2/c1-4-18(2,21-12-6-5-7-13-21)17(20-3)14-15-8-10-16(19)11-9-15/h8-11,17,20H,4-7,12-14H2,1-3H3. The number of rotatable bonds is 6. The first-order chi connectivity index (χ1) is 10.1. The molecule has 118 valence electrons. The third-order valence-electron chi connectivity index (χ3n) is 5.25. The smallest absolute Gasteiger partial charge is 0.0334 e. The Kier molecular flexibility index (Phi) is 6.27. The number of benzene rings is 1. The summed E-state index contributed by atoms with van der Waals surface area (Å²) >= 11 is 3.52. The molecule has 0 aromatic heterocycles. The summed E-state index contributed by atoms with van der Waals surface area (Å²) in [6, 6.07) is 9.25. The van der Waals surface area contributed by atoms with Crippen LogP contribution in [0.15, 0.2) is 28.7 Å². The van der Waals surface area contributed by atoms with Crippen LogP contribution in [-0.4, -0.2) is 36.6 Å². The van der Waals surface area contributed by atoms with E-state index in [4.69, 9.17) is 0 Å². The summed E-state index contributed by atoms with van der Waals surface area (Å²) in [7, 11) is 2.11. The van der Waals surface area contributed by atoms with Crippen molar-refractivity contribution in [1.29, 1.82) is 0 Å². The lowest BCUT2D eigenvalue weighted by Crippen LogP contribution is -2.60. The molecule has 0 spiro atoms. The second-order valence-corrected chi connectivity index (χ2v) is 7.35. The lowest BCUT2D eigenvalue weighted by Gasteiger charge is -2.48. The largest absolute Gasteiger partial charge is 0.315 e. The van der Waals surface area contributed by atoms with Gasteiger partial charge >= 0.3 is 0 Å². The Labute approximate surface area is 138 Å². The molecule has 2 nitrogen and oxygen atoms in total. The molecular weight excluding hydrogens is 324 g/mol. The normalized spacial score (nSPS) is 21.0. The molecule has 1 aromatic carbocycles. The number of hydrogen-bond acceptors (Lipinski definition) is 2. The number of likely N-dealkylation sites (N-methyl/N-ethyl adjacent to an activating group) is 1. The van der Waals surface area contributed by atoms with Gasteiger partial charge in [-0.3, -0.25) is 4.90 Å². The Morgan fingerprint density at radius 2 is 1.81 bits per heavy atom. The number of halogens is 1. The van der Waals surface area contributed by atoms with Gasteiger partial charge in [0.1, 0.15) is 0 Å². The van der Waals surface area contributed by atoms with Crippen LogP contribution in [0.25, 0.3) is 0 Å². The third-order valence-corrected chi connectivity index (χ3v) is 5.78. The van der Waals surface area contributed by atoms with E-state index in [0.717, 1.165) is 10.9 Å². The Bertz CT molecular complexity index is 425. The van der Waals surface area contributed by atoms with Crippen molar-refractivity contribution in [3.05, 3.63) is 34.3 Å². The highest BCUT2D eigenvalue weighted by molar-refractivity contribution is 9.10. The molecule has 0 amide bonds. The van der Waals surface area contributed by atoms with E-state index in [1.807, 2.05) is 0 Å². The zero-order valence-electron chi connectivity index (χ0n) is 13.7. The molecule has 1 aliphatic heterocycles. The second kappa shape index (κ2) is 7.75. The number of piperidine rings is 1. The van der Waals surface area contributed by atoms with E-state index >= 15 is 0 Å². The highest BCUT2D eigenvalue weighted by Gasteiger charge is 2.37. The Hall–Kier alpha value is -0.380. The minimum absolute atomic E-state index is 0.238. The number of likely N-dealkylation sites (tertiary alicyclic amines) is 1. The third kappa shape index (κ3) is 4.08. The zero-order valence-corrected chi connectivity index (χ0v) is 15.2. The summed E-state index contributed by atoms with van der Waals surface area (Å²) in [6.07, 6.45) is 6.38. The van der Waals surface area contributed by atoms with Gasteiger partial charge in [0.15, 0.2) is 0 Å². The molecular formula is C18H29BrN2. The summed E-state index contributed by atoms with van der Waals surface area (Å²) in [6.45, 7) is 7.28. The van der Waals surface area contributed by atoms with Gasteiger partial charge in [-0.25, -0.2) is 0 Å². The molecule has 1 N–H and O–H groups in total. The van der Waals surface area contributed by atoms with Crippen LogP contribution < -0.4 is 5.32 Å². The lowest BCUT2D eigenvalue weighted by atomic mass is 9.82. The Balaban J connectivity index is 2.13. The van der Waals surface area contributed by atoms with E-state index in [9.17, 15) is 0 Å². The van der Waals surface area contributed by atoms with Crippen LogP contribution in [0.5, 0.6) is 0 Å². The van der Waals surface area contributed by atoms with E-state index in [2.05, 4.69) is 71.3 Å². The second-order valence-electron chi connectivity index (χ2n) is 6.43. The van der Waals surface area contributed by atoms with Gasteiger partial charge in [-0.1, -0.05) is 41.4 Å². The molecule has 2 rings (SSSR count). The minimum atomic E-state index is 0.238. The SMILES string of the molecule is CCC(C)(C(Cc1ccc(Br)cc1)NC)N1CCCCC1. The molecule has 0 saturated carbocycles. The van der Waals surface area contributed by atoms with Gasteiger partial charge < -0.3 is 5.32 Å². The van der Waals surface area contributed by atoms with Gasteiger partial charge in [-0.2, -0.15) is 0 Å². The van der Waals surface area contributed by atoms with Gasteiger partial charge in [-0.15, -0.1) is 0 Å². The summed E-state index contributed by atoms with van der Waals surface area (Å²) < 4.78 is 1.15. The average molecular weight is 353 g/mol. The van der Waals surface area contributed by atoms with E-state index in [-0.39, 0.29) is 5.54 Å². The quantitative estimate of drug-likeness (QED) is 0.823. The first-order valence-electron chi connectivity index (χ1n) is 8.27. The fourth-order valence-corrected chi connectivity index (χ4v) is 3.85. The zero-order chi connectivity index (χ0) is 15.3. The highest BCUT2D eigenvalue weighted by Crippen LogP contribution is 2.29. The van der Waals surface area contributed by atoms with Crippen molar-refractivity contribution in [3.63, 3.8) is 0 Å². The highest BCUT2D eigenvalue weighted by atomic mass is 79.9. The van der Waals surface area contributed by atoms with E-state index < -0.39 is 0 Å². The Morgan fingerprint density at radius 1 is 1.19 bits per heavy atom. The van der Waals surface area contributed by atoms with Gasteiger partial charge in [-0.05, 0) is 70.4 Å². The van der Waals surface area contributed by atoms with Gasteiger partial charge in [0.05, 0.1) is 0 Å². The molecule has 2 unspecified atom stereocenters. The van der Waals surface area contributed by atoms with Gasteiger partial charge in [0.25, 0.3) is 0 Å². The first kappa shape index (κ1) is 17.0.